The first-order valence-corrected chi connectivity index (χ1v) is 18.8. The number of hydrogen-bond acceptors (Lipinski definition) is 8. The van der Waals surface area contributed by atoms with E-state index in [0.29, 0.717) is 34.6 Å². The summed E-state index contributed by atoms with van der Waals surface area (Å²) in [5, 5.41) is 5.70. The lowest BCUT2D eigenvalue weighted by atomic mass is 9.89. The Bertz CT molecular complexity index is 1920. The van der Waals surface area contributed by atoms with Crippen LogP contribution in [-0.4, -0.2) is 58.4 Å². The number of carbonyl (C=O) groups excluding carboxylic acids is 1. The quantitative estimate of drug-likeness (QED) is 0.132. The minimum atomic E-state index is -3.52. The van der Waals surface area contributed by atoms with Crippen LogP contribution in [0.3, 0.4) is 0 Å². The van der Waals surface area contributed by atoms with E-state index in [1.54, 1.807) is 36.5 Å². The summed E-state index contributed by atoms with van der Waals surface area (Å²) < 4.78 is 56.4. The maximum Gasteiger partial charge on any atom is 0.323 e. The predicted octanol–water partition coefficient (Wildman–Crippen LogP) is 6.72. The molecule has 0 radical (unpaired) electrons. The summed E-state index contributed by atoms with van der Waals surface area (Å²) in [4.78, 5) is 19.4. The molecule has 0 spiro atoms. The van der Waals surface area contributed by atoms with Gasteiger partial charge in [-0.05, 0) is 97.6 Å². The van der Waals surface area contributed by atoms with Crippen LogP contribution in [0.5, 0.6) is 11.6 Å². The number of nitrogens with zero attached hydrogens (tertiary/aromatic N) is 2. The molecule has 3 aromatic carbocycles. The third-order valence-corrected chi connectivity index (χ3v) is 8.86. The van der Waals surface area contributed by atoms with Crippen molar-refractivity contribution in [2.75, 3.05) is 45.7 Å². The van der Waals surface area contributed by atoms with Crippen LogP contribution in [0, 0.1) is 0 Å². The van der Waals surface area contributed by atoms with E-state index in [1.807, 2.05) is 36.4 Å². The Morgan fingerprint density at radius 1 is 0.833 bits per heavy atom. The Kier molecular flexibility index (Phi) is 12.2. The molecule has 256 valence electrons. The van der Waals surface area contributed by atoms with Crippen LogP contribution in [-0.2, 0) is 26.6 Å². The second-order valence-corrected chi connectivity index (χ2v) is 15.2. The van der Waals surface area contributed by atoms with E-state index in [1.165, 1.54) is 17.7 Å². The molecule has 2 heterocycles. The van der Waals surface area contributed by atoms with Crippen molar-refractivity contribution >= 4 is 72.8 Å². The normalized spacial score (nSPS) is 14.0. The van der Waals surface area contributed by atoms with Gasteiger partial charge < -0.3 is 15.4 Å². The molecule has 0 atom stereocenters. The van der Waals surface area contributed by atoms with Gasteiger partial charge in [-0.1, -0.05) is 29.8 Å². The lowest BCUT2D eigenvalue weighted by molar-refractivity contribution is 0.204. The van der Waals surface area contributed by atoms with Crippen LogP contribution in [0.2, 0.25) is 5.02 Å². The second-order valence-electron chi connectivity index (χ2n) is 11.3. The maximum absolute atomic E-state index is 12.6. The standard InChI is InChI=1S/C32H35ClN6O6S2.ClH/c1-46(41,42)37-26-8-11-28(12-9-26)45-31-14-3-22(20-34-31)21-39-17-15-24(16-18-39)23-4-6-25(7-5-23)35-32(40)36-27-10-13-29(33)30(19-27)38-47(2,43)44;/h3-14,19-20,24,37-38H,15-18,21H2,1-2H3,(H2,35,36,40);1H. The van der Waals surface area contributed by atoms with E-state index in [0.717, 1.165) is 50.6 Å². The molecule has 1 fully saturated rings. The first-order valence-electron chi connectivity index (χ1n) is 14.7. The number of anilines is 4. The van der Waals surface area contributed by atoms with Gasteiger partial charge in [-0.15, -0.1) is 12.4 Å². The third-order valence-electron chi connectivity index (χ3n) is 7.33. The second kappa shape index (κ2) is 15.9. The van der Waals surface area contributed by atoms with Crippen LogP contribution in [0.15, 0.2) is 85.1 Å². The number of benzene rings is 3. The molecule has 0 saturated carbocycles. The number of ether oxygens (including phenoxy) is 1. The lowest BCUT2D eigenvalue weighted by Gasteiger charge is -2.32. The van der Waals surface area contributed by atoms with Crippen LogP contribution in [0.25, 0.3) is 0 Å². The zero-order valence-electron chi connectivity index (χ0n) is 26.1. The monoisotopic (exact) mass is 734 g/mol. The summed E-state index contributed by atoms with van der Waals surface area (Å²) in [6.07, 6.45) is 5.94. The highest BCUT2D eigenvalue weighted by Gasteiger charge is 2.21. The van der Waals surface area contributed by atoms with Crippen molar-refractivity contribution in [3.8, 4) is 11.6 Å². The third kappa shape index (κ3) is 11.3. The molecule has 1 aliphatic rings. The molecular weight excluding hydrogens is 699 g/mol. The summed E-state index contributed by atoms with van der Waals surface area (Å²) in [5.74, 6) is 1.42. The summed E-state index contributed by atoms with van der Waals surface area (Å²) in [6, 6.07) is 22.3. The van der Waals surface area contributed by atoms with E-state index >= 15 is 0 Å². The molecule has 1 aromatic heterocycles. The van der Waals surface area contributed by atoms with E-state index in [4.69, 9.17) is 16.3 Å². The maximum atomic E-state index is 12.6. The van der Waals surface area contributed by atoms with Crippen molar-refractivity contribution in [1.82, 2.24) is 9.88 Å². The van der Waals surface area contributed by atoms with E-state index in [-0.39, 0.29) is 23.1 Å². The van der Waals surface area contributed by atoms with Gasteiger partial charge in [-0.3, -0.25) is 14.3 Å². The lowest BCUT2D eigenvalue weighted by Crippen LogP contribution is -2.32. The molecule has 1 aliphatic heterocycles. The highest BCUT2D eigenvalue weighted by atomic mass is 35.5. The van der Waals surface area contributed by atoms with Crippen LogP contribution < -0.4 is 24.8 Å². The van der Waals surface area contributed by atoms with Crippen LogP contribution in [0.1, 0.15) is 29.9 Å². The average Bonchev–Trinajstić information content (AvgIpc) is 3.00. The van der Waals surface area contributed by atoms with Crippen molar-refractivity contribution in [2.24, 2.45) is 0 Å². The molecule has 4 N–H and O–H groups in total. The highest BCUT2D eigenvalue weighted by molar-refractivity contribution is 7.92. The molecule has 0 unspecified atom stereocenters. The van der Waals surface area contributed by atoms with Gasteiger partial charge in [0.1, 0.15) is 5.75 Å². The van der Waals surface area contributed by atoms with Gasteiger partial charge in [-0.25, -0.2) is 26.6 Å². The summed E-state index contributed by atoms with van der Waals surface area (Å²) >= 11 is 6.06. The van der Waals surface area contributed by atoms with Gasteiger partial charge in [0.15, 0.2) is 0 Å². The minimum absolute atomic E-state index is 0. The van der Waals surface area contributed by atoms with Crippen molar-refractivity contribution in [3.63, 3.8) is 0 Å². The number of rotatable bonds is 11. The number of aromatic nitrogens is 1. The Labute approximate surface area is 291 Å². The summed E-state index contributed by atoms with van der Waals surface area (Å²) in [5.41, 5.74) is 3.95. The number of piperidine rings is 1. The topological polar surface area (TPSA) is 159 Å². The van der Waals surface area contributed by atoms with Crippen molar-refractivity contribution in [2.45, 2.75) is 25.3 Å². The number of nitrogens with one attached hydrogen (secondary N) is 4. The van der Waals surface area contributed by atoms with E-state index < -0.39 is 26.1 Å². The number of halogens is 2. The fourth-order valence-electron chi connectivity index (χ4n) is 5.19. The van der Waals surface area contributed by atoms with Crippen molar-refractivity contribution < 1.29 is 26.4 Å². The highest BCUT2D eigenvalue weighted by Crippen LogP contribution is 2.30. The van der Waals surface area contributed by atoms with E-state index in [9.17, 15) is 21.6 Å². The number of hydrogen-bond donors (Lipinski definition) is 4. The number of amides is 2. The van der Waals surface area contributed by atoms with Gasteiger partial charge in [0.2, 0.25) is 25.9 Å². The number of sulfonamides is 2. The molecule has 0 bridgehead atoms. The Morgan fingerprint density at radius 3 is 2.04 bits per heavy atom. The van der Waals surface area contributed by atoms with Crippen molar-refractivity contribution in [3.05, 3.63) is 101 Å². The zero-order chi connectivity index (χ0) is 33.6. The zero-order valence-corrected chi connectivity index (χ0v) is 29.3. The predicted molar refractivity (Wildman–Crippen MR) is 193 cm³/mol. The number of likely N-dealkylation sites (tertiary alicyclic amines) is 1. The first-order chi connectivity index (χ1) is 22.3. The number of urea groups is 1. The molecule has 12 nitrogen and oxygen atoms in total. The van der Waals surface area contributed by atoms with Gasteiger partial charge in [0, 0.05) is 35.9 Å². The number of pyridine rings is 1. The van der Waals surface area contributed by atoms with Gasteiger partial charge in [0.25, 0.3) is 0 Å². The molecule has 48 heavy (non-hydrogen) atoms. The van der Waals surface area contributed by atoms with Crippen LogP contribution >= 0.6 is 24.0 Å². The Balaban J connectivity index is 0.00000520. The first kappa shape index (κ1) is 36.8. The Morgan fingerprint density at radius 2 is 1.44 bits per heavy atom. The van der Waals surface area contributed by atoms with Gasteiger partial charge in [-0.2, -0.15) is 0 Å². The molecule has 4 aromatic rings. The minimum Gasteiger partial charge on any atom is -0.439 e. The molecule has 5 rings (SSSR count). The molecule has 16 heteroatoms. The van der Waals surface area contributed by atoms with Gasteiger partial charge >= 0.3 is 6.03 Å². The van der Waals surface area contributed by atoms with Crippen molar-refractivity contribution in [1.29, 1.82) is 0 Å². The average molecular weight is 736 g/mol. The molecular formula is C32H36Cl2N6O6S2. The van der Waals surface area contributed by atoms with Gasteiger partial charge in [0.05, 0.1) is 23.2 Å². The fraction of sp³-hybridized carbons (Fsp3) is 0.250. The summed E-state index contributed by atoms with van der Waals surface area (Å²) in [6.45, 7) is 2.66. The number of carbonyl (C=O) groups is 1. The smallest absolute Gasteiger partial charge is 0.323 e. The fourth-order valence-corrected chi connectivity index (χ4v) is 6.54. The molecule has 1 saturated heterocycles. The van der Waals surface area contributed by atoms with Crippen LogP contribution in [0.4, 0.5) is 27.5 Å². The Hall–Kier alpha value is -4.08. The largest absolute Gasteiger partial charge is 0.439 e. The SMILES string of the molecule is CS(=O)(=O)Nc1ccc(Oc2ccc(CN3CCC(c4ccc(NC(=O)Nc5ccc(Cl)c(NS(C)(=O)=O)c5)cc4)CC3)cn2)cc1.Cl. The summed E-state index contributed by atoms with van der Waals surface area (Å²) in [7, 11) is -6.86. The molecule has 0 aliphatic carbocycles. The molecule has 2 amide bonds. The van der Waals surface area contributed by atoms with E-state index in [2.05, 4.69) is 30.0 Å².